The number of hydrogen-bond acceptors (Lipinski definition) is 1. The van der Waals surface area contributed by atoms with E-state index in [4.69, 9.17) is 0 Å². The number of hydrogen-bond donors (Lipinski definition) is 1. The molecule has 0 fully saturated rings. The van der Waals surface area contributed by atoms with E-state index in [1.807, 2.05) is 30.3 Å². The minimum Gasteiger partial charge on any atom is -0.326 e. The van der Waals surface area contributed by atoms with Crippen molar-refractivity contribution in [3.63, 3.8) is 0 Å². The molecule has 0 aromatic heterocycles. The lowest BCUT2D eigenvalue weighted by Crippen LogP contribution is -2.14. The highest BCUT2D eigenvalue weighted by molar-refractivity contribution is 5.91. The molecule has 1 amide bonds. The summed E-state index contributed by atoms with van der Waals surface area (Å²) < 4.78 is 0. The van der Waals surface area contributed by atoms with Crippen LogP contribution >= 0.6 is 0 Å². The molecule has 0 unspecified atom stereocenters. The zero-order chi connectivity index (χ0) is 15.9. The van der Waals surface area contributed by atoms with E-state index in [-0.39, 0.29) is 11.8 Å². The molecule has 0 spiro atoms. The van der Waals surface area contributed by atoms with Gasteiger partial charge in [0.15, 0.2) is 0 Å². The minimum atomic E-state index is 0.0626. The molecule has 0 aliphatic rings. The second-order valence-corrected chi connectivity index (χ2v) is 6.00. The molecule has 0 radical (unpaired) electrons. The van der Waals surface area contributed by atoms with Crippen LogP contribution in [-0.2, 0) is 4.79 Å². The number of anilines is 1. The first-order valence-electron chi connectivity index (χ1n) is 8.05. The highest BCUT2D eigenvalue weighted by Crippen LogP contribution is 2.22. The highest BCUT2D eigenvalue weighted by Gasteiger charge is 2.11. The van der Waals surface area contributed by atoms with Crippen molar-refractivity contribution < 1.29 is 4.79 Å². The third-order valence-corrected chi connectivity index (χ3v) is 4.24. The molecule has 0 saturated heterocycles. The second-order valence-electron chi connectivity index (χ2n) is 6.00. The molecule has 0 aliphatic carbocycles. The van der Waals surface area contributed by atoms with Crippen LogP contribution in [-0.4, -0.2) is 5.91 Å². The first-order chi connectivity index (χ1) is 10.6. The van der Waals surface area contributed by atoms with E-state index in [9.17, 15) is 4.79 Å². The van der Waals surface area contributed by atoms with Gasteiger partial charge in [-0.15, -0.1) is 0 Å². The Morgan fingerprint density at radius 2 is 1.50 bits per heavy atom. The molecule has 22 heavy (non-hydrogen) atoms. The molecule has 0 heterocycles. The predicted molar refractivity (Wildman–Crippen MR) is 93.3 cm³/mol. The molecule has 2 rings (SSSR count). The van der Waals surface area contributed by atoms with Crippen LogP contribution in [0.15, 0.2) is 54.6 Å². The summed E-state index contributed by atoms with van der Waals surface area (Å²) in [5, 5.41) is 2.99. The van der Waals surface area contributed by atoms with E-state index >= 15 is 0 Å². The Bertz CT molecular complexity index is 589. The van der Waals surface area contributed by atoms with Crippen LogP contribution in [0.5, 0.6) is 0 Å². The zero-order valence-electron chi connectivity index (χ0n) is 13.7. The lowest BCUT2D eigenvalue weighted by atomic mass is 9.97. The Labute approximate surface area is 133 Å². The van der Waals surface area contributed by atoms with Gasteiger partial charge in [-0.3, -0.25) is 4.79 Å². The summed E-state index contributed by atoms with van der Waals surface area (Å²) in [6, 6.07) is 18.3. The summed E-state index contributed by atoms with van der Waals surface area (Å²) in [5.74, 6) is 0.844. The van der Waals surface area contributed by atoms with Gasteiger partial charge in [0, 0.05) is 12.1 Å². The lowest BCUT2D eigenvalue weighted by molar-refractivity contribution is -0.116. The Kier molecular flexibility index (Phi) is 5.76. The average molecular weight is 295 g/mol. The number of carbonyl (C=O) groups excluding carboxylic acids is 1. The van der Waals surface area contributed by atoms with Crippen molar-refractivity contribution in [3.8, 4) is 0 Å². The fourth-order valence-electron chi connectivity index (χ4n) is 2.52. The van der Waals surface area contributed by atoms with Gasteiger partial charge in [-0.25, -0.2) is 0 Å². The molecule has 1 N–H and O–H groups in total. The van der Waals surface area contributed by atoms with Crippen LogP contribution in [0.25, 0.3) is 0 Å². The highest BCUT2D eigenvalue weighted by atomic mass is 16.1. The molecule has 2 nitrogen and oxygen atoms in total. The van der Waals surface area contributed by atoms with Gasteiger partial charge in [-0.05, 0) is 41.5 Å². The molecule has 0 bridgehead atoms. The molecule has 116 valence electrons. The van der Waals surface area contributed by atoms with Crippen molar-refractivity contribution in [1.82, 2.24) is 0 Å². The van der Waals surface area contributed by atoms with Crippen LogP contribution in [0.3, 0.4) is 0 Å². The number of nitrogens with one attached hydrogen (secondary N) is 1. The van der Waals surface area contributed by atoms with E-state index in [1.165, 1.54) is 11.1 Å². The van der Waals surface area contributed by atoms with Crippen LogP contribution < -0.4 is 5.32 Å². The molecule has 0 aliphatic heterocycles. The topological polar surface area (TPSA) is 29.1 Å². The van der Waals surface area contributed by atoms with Gasteiger partial charge in [0.05, 0.1) is 0 Å². The SMILES string of the molecule is CC[C@H](C)c1ccc(NC(=O)C[C@@H](C)c2ccccc2)cc1. The summed E-state index contributed by atoms with van der Waals surface area (Å²) in [7, 11) is 0. The summed E-state index contributed by atoms with van der Waals surface area (Å²) in [4.78, 5) is 12.2. The molecule has 0 saturated carbocycles. The lowest BCUT2D eigenvalue weighted by Gasteiger charge is -2.13. The minimum absolute atomic E-state index is 0.0626. The molecule has 2 aromatic carbocycles. The maximum atomic E-state index is 12.2. The van der Waals surface area contributed by atoms with Crippen LogP contribution in [0.2, 0.25) is 0 Å². The second kappa shape index (κ2) is 7.79. The van der Waals surface area contributed by atoms with E-state index in [0.29, 0.717) is 12.3 Å². The van der Waals surface area contributed by atoms with Crippen LogP contribution in [0, 0.1) is 0 Å². The van der Waals surface area contributed by atoms with Gasteiger partial charge in [-0.1, -0.05) is 63.2 Å². The van der Waals surface area contributed by atoms with E-state index in [2.05, 4.69) is 50.4 Å². The third-order valence-electron chi connectivity index (χ3n) is 4.24. The quantitative estimate of drug-likeness (QED) is 0.766. The molecular weight excluding hydrogens is 270 g/mol. The average Bonchev–Trinajstić information content (AvgIpc) is 2.55. The van der Waals surface area contributed by atoms with Gasteiger partial charge in [0.1, 0.15) is 0 Å². The largest absolute Gasteiger partial charge is 0.326 e. The number of benzene rings is 2. The Morgan fingerprint density at radius 1 is 0.909 bits per heavy atom. The predicted octanol–water partition coefficient (Wildman–Crippen LogP) is 5.33. The number of carbonyl (C=O) groups is 1. The number of amides is 1. The van der Waals surface area contributed by atoms with Gasteiger partial charge in [0.2, 0.25) is 5.91 Å². The van der Waals surface area contributed by atoms with Crippen molar-refractivity contribution in [2.45, 2.75) is 45.4 Å². The van der Waals surface area contributed by atoms with Gasteiger partial charge >= 0.3 is 0 Å². The normalized spacial score (nSPS) is 13.4. The fraction of sp³-hybridized carbons (Fsp3) is 0.350. The van der Waals surface area contributed by atoms with Gasteiger partial charge in [-0.2, -0.15) is 0 Å². The summed E-state index contributed by atoms with van der Waals surface area (Å²) in [6.07, 6.45) is 1.62. The maximum Gasteiger partial charge on any atom is 0.224 e. The van der Waals surface area contributed by atoms with Crippen molar-refractivity contribution in [2.24, 2.45) is 0 Å². The maximum absolute atomic E-state index is 12.2. The van der Waals surface area contributed by atoms with Crippen molar-refractivity contribution >= 4 is 11.6 Å². The first-order valence-corrected chi connectivity index (χ1v) is 8.05. The Balaban J connectivity index is 1.92. The van der Waals surface area contributed by atoms with Crippen LogP contribution in [0.4, 0.5) is 5.69 Å². The molecule has 2 heteroatoms. The van der Waals surface area contributed by atoms with Gasteiger partial charge in [0.25, 0.3) is 0 Å². The first kappa shape index (κ1) is 16.3. The van der Waals surface area contributed by atoms with E-state index in [1.54, 1.807) is 0 Å². The van der Waals surface area contributed by atoms with Crippen molar-refractivity contribution in [2.75, 3.05) is 5.32 Å². The monoisotopic (exact) mass is 295 g/mol. The van der Waals surface area contributed by atoms with Crippen LogP contribution in [0.1, 0.15) is 56.6 Å². The summed E-state index contributed by atoms with van der Waals surface area (Å²) >= 11 is 0. The Hall–Kier alpha value is -2.09. The summed E-state index contributed by atoms with van der Waals surface area (Å²) in [5.41, 5.74) is 3.39. The van der Waals surface area contributed by atoms with Crippen molar-refractivity contribution in [1.29, 1.82) is 0 Å². The molecule has 2 aromatic rings. The smallest absolute Gasteiger partial charge is 0.224 e. The van der Waals surface area contributed by atoms with Gasteiger partial charge < -0.3 is 5.32 Å². The molecular formula is C20H25NO. The summed E-state index contributed by atoms with van der Waals surface area (Å²) in [6.45, 7) is 6.49. The zero-order valence-corrected chi connectivity index (χ0v) is 13.7. The number of rotatable bonds is 6. The van der Waals surface area contributed by atoms with E-state index in [0.717, 1.165) is 12.1 Å². The Morgan fingerprint density at radius 3 is 2.09 bits per heavy atom. The van der Waals surface area contributed by atoms with E-state index < -0.39 is 0 Å². The molecule has 2 atom stereocenters. The fourth-order valence-corrected chi connectivity index (χ4v) is 2.52. The van der Waals surface area contributed by atoms with Crippen molar-refractivity contribution in [3.05, 3.63) is 65.7 Å². The third kappa shape index (κ3) is 4.45. The standard InChI is InChI=1S/C20H25NO/c1-4-15(2)18-10-12-19(13-11-18)21-20(22)14-16(3)17-8-6-5-7-9-17/h5-13,15-16H,4,14H2,1-3H3,(H,21,22)/t15-,16+/m0/s1.